The van der Waals surface area contributed by atoms with Gasteiger partial charge < -0.3 is 14.8 Å². The third-order valence-electron chi connectivity index (χ3n) is 3.56. The highest BCUT2D eigenvalue weighted by Crippen LogP contribution is 2.34. The molecule has 0 radical (unpaired) electrons. The second-order valence-corrected chi connectivity index (χ2v) is 4.81. The van der Waals surface area contributed by atoms with E-state index in [0.29, 0.717) is 22.7 Å². The number of allylic oxidation sites excluding steroid dienone is 3. The summed E-state index contributed by atoms with van der Waals surface area (Å²) < 4.78 is 10.2. The van der Waals surface area contributed by atoms with Gasteiger partial charge in [-0.05, 0) is 18.2 Å². The number of esters is 1. The van der Waals surface area contributed by atoms with Crippen molar-refractivity contribution in [3.63, 3.8) is 0 Å². The molecule has 1 N–H and O–H groups in total. The topological polar surface area (TPSA) is 77.0 Å². The highest BCUT2D eigenvalue weighted by atomic mass is 16.5. The second kappa shape index (κ2) is 5.48. The molecule has 0 saturated heterocycles. The highest BCUT2D eigenvalue weighted by Gasteiger charge is 2.25. The molecule has 3 rings (SSSR count). The number of hydrogen-bond acceptors (Lipinski definition) is 4. The summed E-state index contributed by atoms with van der Waals surface area (Å²) in [5.41, 5.74) is 2.46. The van der Waals surface area contributed by atoms with Crippen LogP contribution >= 0.6 is 0 Å². The molecule has 1 aromatic rings. The first-order chi connectivity index (χ1) is 10.6. The molecule has 2 amide bonds. The molecule has 22 heavy (non-hydrogen) atoms. The molecule has 1 heterocycles. The van der Waals surface area contributed by atoms with Crippen molar-refractivity contribution in [2.24, 2.45) is 4.99 Å². The van der Waals surface area contributed by atoms with Crippen LogP contribution in [0.3, 0.4) is 0 Å². The normalized spacial score (nSPS) is 19.0. The van der Waals surface area contributed by atoms with Crippen molar-refractivity contribution in [1.82, 2.24) is 5.32 Å². The van der Waals surface area contributed by atoms with E-state index in [1.54, 1.807) is 18.2 Å². The van der Waals surface area contributed by atoms with Gasteiger partial charge in [-0.2, -0.15) is 4.99 Å². The Bertz CT molecular complexity index is 747. The van der Waals surface area contributed by atoms with Gasteiger partial charge in [0.05, 0.1) is 25.6 Å². The Morgan fingerprint density at radius 1 is 1.32 bits per heavy atom. The molecule has 1 aliphatic carbocycles. The summed E-state index contributed by atoms with van der Waals surface area (Å²) in [5, 5.41) is 2.68. The number of carbonyl (C=O) groups is 2. The summed E-state index contributed by atoms with van der Waals surface area (Å²) in [7, 11) is 2.84. The molecular weight excluding hydrogens is 284 g/mol. The average molecular weight is 298 g/mol. The minimum atomic E-state index is -0.456. The fraction of sp³-hybridized carbons (Fsp3) is 0.188. The van der Waals surface area contributed by atoms with E-state index in [0.717, 1.165) is 5.56 Å². The van der Waals surface area contributed by atoms with Gasteiger partial charge >= 0.3 is 12.0 Å². The van der Waals surface area contributed by atoms with E-state index in [4.69, 9.17) is 9.47 Å². The van der Waals surface area contributed by atoms with Crippen molar-refractivity contribution < 1.29 is 19.1 Å². The summed E-state index contributed by atoms with van der Waals surface area (Å²) >= 11 is 0. The molecule has 0 bridgehead atoms. The Labute approximate surface area is 127 Å². The van der Waals surface area contributed by atoms with E-state index in [1.807, 2.05) is 18.2 Å². The monoisotopic (exact) mass is 298 g/mol. The number of fused-ring (bicyclic) bond motifs is 1. The first kappa shape index (κ1) is 14.1. The van der Waals surface area contributed by atoms with Crippen LogP contribution in [0.4, 0.5) is 4.79 Å². The molecule has 112 valence electrons. The van der Waals surface area contributed by atoms with Crippen LogP contribution in [0.15, 0.2) is 47.1 Å². The molecule has 1 aliphatic heterocycles. The van der Waals surface area contributed by atoms with Crippen molar-refractivity contribution in [1.29, 1.82) is 0 Å². The van der Waals surface area contributed by atoms with E-state index >= 15 is 0 Å². The van der Waals surface area contributed by atoms with Crippen LogP contribution in [-0.4, -0.2) is 31.9 Å². The molecule has 0 saturated carbocycles. The van der Waals surface area contributed by atoms with Gasteiger partial charge in [-0.15, -0.1) is 0 Å². The quantitative estimate of drug-likeness (QED) is 0.868. The number of nitrogens with zero attached hydrogens (tertiary/aromatic N) is 1. The second-order valence-electron chi connectivity index (χ2n) is 4.81. The average Bonchev–Trinajstić information content (AvgIpc) is 2.92. The predicted molar refractivity (Wildman–Crippen MR) is 80.3 cm³/mol. The fourth-order valence-electron chi connectivity index (χ4n) is 2.57. The predicted octanol–water partition coefficient (Wildman–Crippen LogP) is 2.18. The number of nitrogens with one attached hydrogen (secondary N) is 1. The SMILES string of the molecule is COC(=O)c1cccc(C2C=CC3=NC(=O)NC3=C2)c1OC. The summed E-state index contributed by atoms with van der Waals surface area (Å²) in [6.07, 6.45) is 5.56. The molecule has 6 nitrogen and oxygen atoms in total. The van der Waals surface area contributed by atoms with Crippen molar-refractivity contribution in [3.05, 3.63) is 53.3 Å². The van der Waals surface area contributed by atoms with Crippen LogP contribution in [0, 0.1) is 0 Å². The van der Waals surface area contributed by atoms with Crippen LogP contribution in [0.1, 0.15) is 21.8 Å². The minimum Gasteiger partial charge on any atom is -0.496 e. The first-order valence-corrected chi connectivity index (χ1v) is 6.69. The Hall–Kier alpha value is -2.89. The molecule has 1 atom stereocenters. The molecule has 0 fully saturated rings. The van der Waals surface area contributed by atoms with Gasteiger partial charge in [-0.25, -0.2) is 9.59 Å². The van der Waals surface area contributed by atoms with Crippen LogP contribution in [0.5, 0.6) is 5.75 Å². The lowest BCUT2D eigenvalue weighted by molar-refractivity contribution is 0.0597. The maximum absolute atomic E-state index is 11.8. The smallest absolute Gasteiger partial charge is 0.346 e. The maximum Gasteiger partial charge on any atom is 0.346 e. The largest absolute Gasteiger partial charge is 0.496 e. The first-order valence-electron chi connectivity index (χ1n) is 6.69. The standard InChI is InChI=1S/C16H14N2O4/c1-21-14-10(4-3-5-11(14)15(19)22-2)9-6-7-12-13(8-9)18-16(20)17-12/h3-9H,1-2H3,(H,18,20). The number of benzene rings is 1. The number of amides is 2. The molecule has 0 spiro atoms. The molecule has 6 heteroatoms. The third-order valence-corrected chi connectivity index (χ3v) is 3.56. The van der Waals surface area contributed by atoms with Crippen LogP contribution in [0.25, 0.3) is 0 Å². The maximum atomic E-state index is 11.8. The molecule has 1 unspecified atom stereocenters. The van der Waals surface area contributed by atoms with E-state index < -0.39 is 5.97 Å². The minimum absolute atomic E-state index is 0.132. The molecule has 1 aromatic carbocycles. The Morgan fingerprint density at radius 2 is 2.14 bits per heavy atom. The van der Waals surface area contributed by atoms with Gasteiger partial charge in [-0.3, -0.25) is 0 Å². The summed E-state index contributed by atoms with van der Waals surface area (Å²) in [4.78, 5) is 27.0. The Morgan fingerprint density at radius 3 is 2.86 bits per heavy atom. The zero-order valence-corrected chi connectivity index (χ0v) is 12.1. The van der Waals surface area contributed by atoms with E-state index in [1.165, 1.54) is 14.2 Å². The Balaban J connectivity index is 2.03. The number of hydrogen-bond donors (Lipinski definition) is 1. The zero-order chi connectivity index (χ0) is 15.7. The van der Waals surface area contributed by atoms with Gasteiger partial charge in [0.2, 0.25) is 0 Å². The number of methoxy groups -OCH3 is 2. The third kappa shape index (κ3) is 2.28. The van der Waals surface area contributed by atoms with Crippen molar-refractivity contribution in [3.8, 4) is 5.75 Å². The Kier molecular flexibility index (Phi) is 3.50. The molecule has 0 aromatic heterocycles. The van der Waals surface area contributed by atoms with Gasteiger partial charge in [0.15, 0.2) is 0 Å². The van der Waals surface area contributed by atoms with Gasteiger partial charge in [0.25, 0.3) is 0 Å². The molecular formula is C16H14N2O4. The number of para-hydroxylation sites is 1. The fourth-order valence-corrected chi connectivity index (χ4v) is 2.57. The van der Waals surface area contributed by atoms with E-state index in [-0.39, 0.29) is 11.9 Å². The number of aliphatic imine (C=N–C) groups is 1. The van der Waals surface area contributed by atoms with Crippen LogP contribution in [-0.2, 0) is 4.74 Å². The number of urea groups is 1. The van der Waals surface area contributed by atoms with Gasteiger partial charge in [0, 0.05) is 11.5 Å². The van der Waals surface area contributed by atoms with Crippen LogP contribution < -0.4 is 10.1 Å². The lowest BCUT2D eigenvalue weighted by Crippen LogP contribution is -2.17. The number of ether oxygens (including phenoxy) is 2. The summed E-state index contributed by atoms with van der Waals surface area (Å²) in [5.74, 6) is -0.125. The van der Waals surface area contributed by atoms with Crippen LogP contribution in [0.2, 0.25) is 0 Å². The highest BCUT2D eigenvalue weighted by molar-refractivity contribution is 6.19. The van der Waals surface area contributed by atoms with Crippen molar-refractivity contribution >= 4 is 17.7 Å². The number of rotatable bonds is 3. The van der Waals surface area contributed by atoms with Crippen molar-refractivity contribution in [2.75, 3.05) is 14.2 Å². The lowest BCUT2D eigenvalue weighted by Gasteiger charge is -2.19. The van der Waals surface area contributed by atoms with E-state index in [2.05, 4.69) is 10.3 Å². The molecule has 2 aliphatic rings. The van der Waals surface area contributed by atoms with E-state index in [9.17, 15) is 9.59 Å². The van der Waals surface area contributed by atoms with Crippen molar-refractivity contribution in [2.45, 2.75) is 5.92 Å². The van der Waals surface area contributed by atoms with Gasteiger partial charge in [0.1, 0.15) is 11.3 Å². The summed E-state index contributed by atoms with van der Waals surface area (Å²) in [6.45, 7) is 0. The number of carbonyl (C=O) groups excluding carboxylic acids is 2. The summed E-state index contributed by atoms with van der Waals surface area (Å²) in [6, 6.07) is 4.92. The zero-order valence-electron chi connectivity index (χ0n) is 12.1. The van der Waals surface area contributed by atoms with Gasteiger partial charge in [-0.1, -0.05) is 18.2 Å². The lowest BCUT2D eigenvalue weighted by atomic mass is 9.90.